The molecule has 1 heterocycles. The summed E-state index contributed by atoms with van der Waals surface area (Å²) in [5.74, 6) is -1.03. The van der Waals surface area contributed by atoms with Crippen molar-refractivity contribution in [1.82, 2.24) is 0 Å². The van der Waals surface area contributed by atoms with Gasteiger partial charge in [0, 0.05) is 5.56 Å². The van der Waals surface area contributed by atoms with Gasteiger partial charge >= 0.3 is 0 Å². The first-order chi connectivity index (χ1) is 9.52. The summed E-state index contributed by atoms with van der Waals surface area (Å²) in [6.07, 6.45) is 0. The average Bonchev–Trinajstić information content (AvgIpc) is 2.80. The van der Waals surface area contributed by atoms with E-state index in [9.17, 15) is 14.7 Å². The Balaban J connectivity index is 2.23. The van der Waals surface area contributed by atoms with Crippen LogP contribution in [-0.4, -0.2) is 19.0 Å². The quantitative estimate of drug-likeness (QED) is 0.929. The minimum atomic E-state index is -1.30. The number of amides is 1. The number of rotatable bonds is 4. The molecule has 0 fully saturated rings. The molecule has 2 rings (SSSR count). The SMILES string of the molecule is COc1ccc(C(=O)Nc2c(C)csc2C(=O)[O-])cc1. The van der Waals surface area contributed by atoms with Crippen LogP contribution in [0.4, 0.5) is 5.69 Å². The predicted octanol–water partition coefficient (Wildman–Crippen LogP) is 1.68. The molecule has 0 aliphatic carbocycles. The number of nitrogens with one attached hydrogen (secondary N) is 1. The van der Waals surface area contributed by atoms with Crippen molar-refractivity contribution < 1.29 is 19.4 Å². The zero-order chi connectivity index (χ0) is 14.7. The van der Waals surface area contributed by atoms with Crippen LogP contribution in [0, 0.1) is 6.92 Å². The molecular weight excluding hydrogens is 278 g/mol. The van der Waals surface area contributed by atoms with Gasteiger partial charge in [-0.2, -0.15) is 0 Å². The van der Waals surface area contributed by atoms with Gasteiger partial charge in [-0.05, 0) is 42.1 Å². The van der Waals surface area contributed by atoms with Crippen LogP contribution in [0.1, 0.15) is 25.6 Å². The summed E-state index contributed by atoms with van der Waals surface area (Å²) in [6.45, 7) is 1.73. The highest BCUT2D eigenvalue weighted by atomic mass is 32.1. The lowest BCUT2D eigenvalue weighted by Crippen LogP contribution is -2.23. The summed E-state index contributed by atoms with van der Waals surface area (Å²) in [5, 5.41) is 15.2. The molecule has 1 N–H and O–H groups in total. The van der Waals surface area contributed by atoms with E-state index in [1.54, 1.807) is 36.6 Å². The number of carbonyl (C=O) groups excluding carboxylic acids is 2. The number of benzene rings is 1. The molecule has 1 aromatic carbocycles. The molecule has 0 bridgehead atoms. The Morgan fingerprint density at radius 3 is 2.45 bits per heavy atom. The molecule has 0 saturated carbocycles. The average molecular weight is 290 g/mol. The minimum absolute atomic E-state index is 0.0179. The van der Waals surface area contributed by atoms with Gasteiger partial charge in [-0.3, -0.25) is 4.79 Å². The number of carbonyl (C=O) groups is 2. The first-order valence-corrected chi connectivity index (χ1v) is 6.65. The number of methoxy groups -OCH3 is 1. The molecule has 0 saturated heterocycles. The van der Waals surface area contributed by atoms with Crippen LogP contribution in [0.3, 0.4) is 0 Å². The van der Waals surface area contributed by atoms with Crippen LogP contribution >= 0.6 is 11.3 Å². The molecule has 20 heavy (non-hydrogen) atoms. The lowest BCUT2D eigenvalue weighted by Gasteiger charge is -2.09. The van der Waals surface area contributed by atoms with E-state index in [0.29, 0.717) is 16.9 Å². The van der Waals surface area contributed by atoms with Gasteiger partial charge in [0.15, 0.2) is 0 Å². The van der Waals surface area contributed by atoms with Gasteiger partial charge < -0.3 is 20.0 Å². The van der Waals surface area contributed by atoms with Crippen molar-refractivity contribution >= 4 is 28.9 Å². The van der Waals surface area contributed by atoms with Crippen LogP contribution in [-0.2, 0) is 0 Å². The molecule has 0 unspecified atom stereocenters. The lowest BCUT2D eigenvalue weighted by atomic mass is 10.2. The molecule has 0 spiro atoms. The van der Waals surface area contributed by atoms with E-state index in [4.69, 9.17) is 4.74 Å². The van der Waals surface area contributed by atoms with Gasteiger partial charge in [-0.15, -0.1) is 11.3 Å². The molecule has 0 aliphatic rings. The van der Waals surface area contributed by atoms with Gasteiger partial charge in [-0.1, -0.05) is 0 Å². The van der Waals surface area contributed by atoms with E-state index in [-0.39, 0.29) is 16.5 Å². The third-order valence-electron chi connectivity index (χ3n) is 2.75. The third kappa shape index (κ3) is 2.80. The fourth-order valence-corrected chi connectivity index (χ4v) is 2.52. The zero-order valence-electron chi connectivity index (χ0n) is 10.9. The van der Waals surface area contributed by atoms with Crippen molar-refractivity contribution in [3.63, 3.8) is 0 Å². The van der Waals surface area contributed by atoms with Crippen LogP contribution in [0.15, 0.2) is 29.6 Å². The molecule has 1 amide bonds. The molecule has 0 radical (unpaired) electrons. The normalized spacial score (nSPS) is 10.1. The molecule has 0 atom stereocenters. The third-order valence-corrected chi connectivity index (χ3v) is 3.83. The monoisotopic (exact) mass is 290 g/mol. The lowest BCUT2D eigenvalue weighted by molar-refractivity contribution is -0.254. The van der Waals surface area contributed by atoms with Crippen molar-refractivity contribution in [1.29, 1.82) is 0 Å². The van der Waals surface area contributed by atoms with Crippen molar-refractivity contribution in [3.05, 3.63) is 45.6 Å². The van der Waals surface area contributed by atoms with E-state index in [2.05, 4.69) is 5.32 Å². The Hall–Kier alpha value is -2.34. The number of aromatic carboxylic acids is 1. The zero-order valence-corrected chi connectivity index (χ0v) is 11.7. The largest absolute Gasteiger partial charge is 0.544 e. The number of aryl methyl sites for hydroxylation is 1. The van der Waals surface area contributed by atoms with Gasteiger partial charge in [0.05, 0.1) is 23.6 Å². The molecule has 0 aliphatic heterocycles. The highest BCUT2D eigenvalue weighted by Crippen LogP contribution is 2.27. The fourth-order valence-electron chi connectivity index (χ4n) is 1.68. The van der Waals surface area contributed by atoms with Crippen LogP contribution in [0.25, 0.3) is 0 Å². The second-order valence-electron chi connectivity index (χ2n) is 4.09. The Kier molecular flexibility index (Phi) is 4.05. The van der Waals surface area contributed by atoms with E-state index >= 15 is 0 Å². The van der Waals surface area contributed by atoms with Crippen molar-refractivity contribution in [2.24, 2.45) is 0 Å². The predicted molar refractivity (Wildman–Crippen MR) is 74.3 cm³/mol. The molecule has 6 heteroatoms. The second-order valence-corrected chi connectivity index (χ2v) is 4.97. The second kappa shape index (κ2) is 5.75. The summed E-state index contributed by atoms with van der Waals surface area (Å²) >= 11 is 1.03. The Morgan fingerprint density at radius 1 is 1.25 bits per heavy atom. The maximum atomic E-state index is 12.1. The Bertz CT molecular complexity index is 646. The molecule has 5 nitrogen and oxygen atoms in total. The highest BCUT2D eigenvalue weighted by Gasteiger charge is 2.14. The summed E-state index contributed by atoms with van der Waals surface area (Å²) in [6, 6.07) is 6.53. The van der Waals surface area contributed by atoms with E-state index in [0.717, 1.165) is 11.3 Å². The Labute approximate surface area is 119 Å². The van der Waals surface area contributed by atoms with E-state index < -0.39 is 5.97 Å². The summed E-state index contributed by atoms with van der Waals surface area (Å²) in [5.41, 5.74) is 1.40. The number of carboxylic acids is 1. The summed E-state index contributed by atoms with van der Waals surface area (Å²) in [7, 11) is 1.54. The number of ether oxygens (including phenoxy) is 1. The molecule has 2 aromatic rings. The fraction of sp³-hybridized carbons (Fsp3) is 0.143. The summed E-state index contributed by atoms with van der Waals surface area (Å²) < 4.78 is 5.01. The number of thiophene rings is 1. The van der Waals surface area contributed by atoms with Crippen molar-refractivity contribution in [2.75, 3.05) is 12.4 Å². The van der Waals surface area contributed by atoms with Gasteiger partial charge in [0.2, 0.25) is 0 Å². The molecule has 104 valence electrons. The van der Waals surface area contributed by atoms with Gasteiger partial charge in [0.1, 0.15) is 5.75 Å². The maximum absolute atomic E-state index is 12.1. The topological polar surface area (TPSA) is 78.5 Å². The van der Waals surface area contributed by atoms with Crippen molar-refractivity contribution in [3.8, 4) is 5.75 Å². The smallest absolute Gasteiger partial charge is 0.255 e. The van der Waals surface area contributed by atoms with Crippen molar-refractivity contribution in [2.45, 2.75) is 6.92 Å². The highest BCUT2D eigenvalue weighted by molar-refractivity contribution is 7.12. The first-order valence-electron chi connectivity index (χ1n) is 5.77. The number of carboxylic acid groups (broad SMARTS) is 1. The van der Waals surface area contributed by atoms with Gasteiger partial charge in [0.25, 0.3) is 5.91 Å². The molecule has 1 aromatic heterocycles. The standard InChI is InChI=1S/C14H13NO4S/c1-8-7-20-12(14(17)18)11(8)15-13(16)9-3-5-10(19-2)6-4-9/h3-7H,1-2H3,(H,15,16)(H,17,18)/p-1. The van der Waals surface area contributed by atoms with Crippen LogP contribution in [0.5, 0.6) is 5.75 Å². The Morgan fingerprint density at radius 2 is 1.90 bits per heavy atom. The number of hydrogen-bond donors (Lipinski definition) is 1. The van der Waals surface area contributed by atoms with Gasteiger partial charge in [-0.25, -0.2) is 0 Å². The minimum Gasteiger partial charge on any atom is -0.544 e. The summed E-state index contributed by atoms with van der Waals surface area (Å²) in [4.78, 5) is 23.1. The number of anilines is 1. The van der Waals surface area contributed by atoms with E-state index in [1.807, 2.05) is 0 Å². The van der Waals surface area contributed by atoms with Crippen LogP contribution in [0.2, 0.25) is 0 Å². The van der Waals surface area contributed by atoms with E-state index in [1.165, 1.54) is 7.11 Å². The van der Waals surface area contributed by atoms with Crippen LogP contribution < -0.4 is 15.2 Å². The first kappa shape index (κ1) is 14.1. The molecular formula is C14H12NO4S-. The maximum Gasteiger partial charge on any atom is 0.255 e. The number of hydrogen-bond acceptors (Lipinski definition) is 5.